The van der Waals surface area contributed by atoms with Gasteiger partial charge in [-0.25, -0.2) is 5.06 Å². The molecule has 4 heteroatoms. The predicted octanol–water partition coefficient (Wildman–Crippen LogP) is 2.28. The maximum atomic E-state index is 11.6. The van der Waals surface area contributed by atoms with Crippen LogP contribution in [0.5, 0.6) is 0 Å². The number of amides is 1. The van der Waals surface area contributed by atoms with Crippen LogP contribution in [-0.2, 0) is 4.84 Å². The van der Waals surface area contributed by atoms with Gasteiger partial charge in [0.2, 0.25) is 0 Å². The Labute approximate surface area is 88.2 Å². The smallest absolute Gasteiger partial charge is 0.274 e. The molecule has 0 aliphatic rings. The third-order valence-electron chi connectivity index (χ3n) is 1.96. The van der Waals surface area contributed by atoms with Crippen molar-refractivity contribution < 1.29 is 9.63 Å². The first-order chi connectivity index (χ1) is 6.56. The van der Waals surface area contributed by atoms with E-state index < -0.39 is 0 Å². The van der Waals surface area contributed by atoms with Gasteiger partial charge in [-0.2, -0.15) is 0 Å². The first-order valence-corrected chi connectivity index (χ1v) is 4.52. The van der Waals surface area contributed by atoms with E-state index >= 15 is 0 Å². The van der Waals surface area contributed by atoms with Crippen molar-refractivity contribution in [3.8, 4) is 0 Å². The largest absolute Gasteiger partial charge is 0.277 e. The lowest BCUT2D eigenvalue weighted by molar-refractivity contribution is -0.0757. The molecule has 0 aromatic heterocycles. The van der Waals surface area contributed by atoms with E-state index in [1.165, 1.54) is 12.2 Å². The molecule has 0 saturated carbocycles. The van der Waals surface area contributed by atoms with Gasteiger partial charge >= 0.3 is 0 Å². The quantitative estimate of drug-likeness (QED) is 0.706. The van der Waals surface area contributed by atoms with Crippen LogP contribution in [0.2, 0.25) is 5.02 Å². The Morgan fingerprint density at radius 2 is 2.14 bits per heavy atom. The zero-order valence-electron chi connectivity index (χ0n) is 8.37. The first kappa shape index (κ1) is 11.0. The lowest BCUT2D eigenvalue weighted by atomic mass is 10.1. The molecular weight excluding hydrogens is 202 g/mol. The zero-order chi connectivity index (χ0) is 10.7. The molecule has 0 bridgehead atoms. The molecule has 0 aliphatic heterocycles. The topological polar surface area (TPSA) is 29.5 Å². The highest BCUT2D eigenvalue weighted by Crippen LogP contribution is 2.17. The van der Waals surface area contributed by atoms with Crippen molar-refractivity contribution in [2.24, 2.45) is 0 Å². The van der Waals surface area contributed by atoms with Gasteiger partial charge in [-0.3, -0.25) is 9.63 Å². The molecule has 0 saturated heterocycles. The fourth-order valence-corrected chi connectivity index (χ4v) is 1.16. The molecule has 0 radical (unpaired) electrons. The molecule has 0 unspecified atom stereocenters. The van der Waals surface area contributed by atoms with Gasteiger partial charge in [0.05, 0.1) is 7.11 Å². The third-order valence-corrected chi connectivity index (χ3v) is 2.39. The molecule has 3 nitrogen and oxygen atoms in total. The minimum Gasteiger partial charge on any atom is -0.274 e. The van der Waals surface area contributed by atoms with Gasteiger partial charge in [0, 0.05) is 17.6 Å². The summed E-state index contributed by atoms with van der Waals surface area (Å²) in [6, 6.07) is 5.11. The molecule has 76 valence electrons. The molecule has 0 atom stereocenters. The normalized spacial score (nSPS) is 10.0. The first-order valence-electron chi connectivity index (χ1n) is 4.14. The van der Waals surface area contributed by atoms with Crippen molar-refractivity contribution in [3.05, 3.63) is 34.3 Å². The summed E-state index contributed by atoms with van der Waals surface area (Å²) in [5, 5.41) is 1.82. The Morgan fingerprint density at radius 3 is 2.64 bits per heavy atom. The van der Waals surface area contributed by atoms with E-state index in [0.29, 0.717) is 10.6 Å². The predicted molar refractivity (Wildman–Crippen MR) is 55.3 cm³/mol. The minimum atomic E-state index is -0.188. The van der Waals surface area contributed by atoms with Crippen molar-refractivity contribution in [2.75, 3.05) is 14.2 Å². The van der Waals surface area contributed by atoms with Crippen LogP contribution < -0.4 is 0 Å². The second kappa shape index (κ2) is 4.44. The molecule has 0 spiro atoms. The van der Waals surface area contributed by atoms with Crippen molar-refractivity contribution in [3.63, 3.8) is 0 Å². The van der Waals surface area contributed by atoms with Crippen molar-refractivity contribution in [1.82, 2.24) is 5.06 Å². The molecule has 0 heterocycles. The number of hydrogen-bond acceptors (Lipinski definition) is 2. The monoisotopic (exact) mass is 213 g/mol. The van der Waals surface area contributed by atoms with Crippen LogP contribution >= 0.6 is 11.6 Å². The van der Waals surface area contributed by atoms with Gasteiger partial charge < -0.3 is 0 Å². The summed E-state index contributed by atoms with van der Waals surface area (Å²) in [6.45, 7) is 1.85. The Balaban J connectivity index is 2.97. The van der Waals surface area contributed by atoms with E-state index in [4.69, 9.17) is 16.4 Å². The summed E-state index contributed by atoms with van der Waals surface area (Å²) in [5.74, 6) is -0.188. The number of rotatable bonds is 2. The van der Waals surface area contributed by atoms with Gasteiger partial charge in [-0.15, -0.1) is 0 Å². The molecular formula is C10H12ClNO2. The molecule has 0 aliphatic carbocycles. The average Bonchev–Trinajstić information content (AvgIpc) is 2.20. The van der Waals surface area contributed by atoms with Gasteiger partial charge in [0.1, 0.15) is 0 Å². The van der Waals surface area contributed by atoms with E-state index in [9.17, 15) is 4.79 Å². The molecule has 1 aromatic rings. The Bertz CT molecular complexity index is 352. The van der Waals surface area contributed by atoms with Gasteiger partial charge in [0.25, 0.3) is 5.91 Å². The summed E-state index contributed by atoms with van der Waals surface area (Å²) in [7, 11) is 3.01. The summed E-state index contributed by atoms with van der Waals surface area (Å²) in [5.41, 5.74) is 1.44. The number of hydrogen-bond donors (Lipinski definition) is 0. The van der Waals surface area contributed by atoms with Crippen LogP contribution in [0.1, 0.15) is 15.9 Å². The lowest BCUT2D eigenvalue weighted by Crippen LogP contribution is -2.25. The van der Waals surface area contributed by atoms with Crippen LogP contribution in [0, 0.1) is 6.92 Å². The number of halogens is 1. The van der Waals surface area contributed by atoms with Crippen molar-refractivity contribution in [1.29, 1.82) is 0 Å². The highest BCUT2D eigenvalue weighted by Gasteiger charge is 2.11. The average molecular weight is 214 g/mol. The van der Waals surface area contributed by atoms with E-state index in [2.05, 4.69) is 0 Å². The zero-order valence-corrected chi connectivity index (χ0v) is 9.13. The number of carbonyl (C=O) groups excluding carboxylic acids is 1. The summed E-state index contributed by atoms with van der Waals surface area (Å²) in [6.07, 6.45) is 0. The third kappa shape index (κ3) is 2.25. The van der Waals surface area contributed by atoms with Crippen molar-refractivity contribution >= 4 is 17.5 Å². The van der Waals surface area contributed by atoms with Crippen LogP contribution in [0.25, 0.3) is 0 Å². The number of benzene rings is 1. The van der Waals surface area contributed by atoms with Crippen LogP contribution in [0.3, 0.4) is 0 Å². The second-order valence-electron chi connectivity index (χ2n) is 2.95. The van der Waals surface area contributed by atoms with E-state index in [1.54, 1.807) is 25.2 Å². The minimum absolute atomic E-state index is 0.188. The highest BCUT2D eigenvalue weighted by molar-refractivity contribution is 6.31. The Kier molecular flexibility index (Phi) is 3.49. The highest BCUT2D eigenvalue weighted by atomic mass is 35.5. The second-order valence-corrected chi connectivity index (χ2v) is 3.36. The molecule has 14 heavy (non-hydrogen) atoms. The lowest BCUT2D eigenvalue weighted by Gasteiger charge is -2.13. The standard InChI is InChI=1S/C10H12ClNO2/c1-7-6-8(4-5-9(7)11)10(13)12(2)14-3/h4-6H,1-3H3. The number of aryl methyl sites for hydroxylation is 1. The summed E-state index contributed by atoms with van der Waals surface area (Å²) >= 11 is 5.84. The van der Waals surface area contributed by atoms with Gasteiger partial charge in [-0.1, -0.05) is 11.6 Å². The maximum absolute atomic E-state index is 11.6. The molecule has 1 aromatic carbocycles. The number of nitrogens with zero attached hydrogens (tertiary/aromatic N) is 1. The Morgan fingerprint density at radius 1 is 1.50 bits per heavy atom. The fourth-order valence-electron chi connectivity index (χ4n) is 1.04. The molecule has 1 rings (SSSR count). The van der Waals surface area contributed by atoms with Crippen LogP contribution in [-0.4, -0.2) is 25.1 Å². The van der Waals surface area contributed by atoms with E-state index in [1.807, 2.05) is 6.92 Å². The van der Waals surface area contributed by atoms with Crippen molar-refractivity contribution in [2.45, 2.75) is 6.92 Å². The molecule has 0 fully saturated rings. The Hall–Kier alpha value is -1.06. The number of carbonyl (C=O) groups is 1. The van der Waals surface area contributed by atoms with Crippen LogP contribution in [0.4, 0.5) is 0 Å². The molecule has 0 N–H and O–H groups in total. The summed E-state index contributed by atoms with van der Waals surface area (Å²) < 4.78 is 0. The van der Waals surface area contributed by atoms with Gasteiger partial charge in [0.15, 0.2) is 0 Å². The van der Waals surface area contributed by atoms with E-state index in [-0.39, 0.29) is 5.91 Å². The van der Waals surface area contributed by atoms with E-state index in [0.717, 1.165) is 5.56 Å². The fraction of sp³-hybridized carbons (Fsp3) is 0.300. The molecule has 1 amide bonds. The SMILES string of the molecule is CON(C)C(=O)c1ccc(Cl)c(C)c1. The van der Waals surface area contributed by atoms with Gasteiger partial charge in [-0.05, 0) is 30.7 Å². The maximum Gasteiger partial charge on any atom is 0.277 e. The van der Waals surface area contributed by atoms with Crippen LogP contribution in [0.15, 0.2) is 18.2 Å². The summed E-state index contributed by atoms with van der Waals surface area (Å²) in [4.78, 5) is 16.4. The number of hydroxylamine groups is 2.